The van der Waals surface area contributed by atoms with Crippen LogP contribution < -0.4 is 19.5 Å². The highest BCUT2D eigenvalue weighted by molar-refractivity contribution is 7.98. The Morgan fingerprint density at radius 1 is 1.07 bits per heavy atom. The predicted molar refractivity (Wildman–Crippen MR) is 110 cm³/mol. The molecule has 1 heterocycles. The lowest BCUT2D eigenvalue weighted by molar-refractivity contribution is 0.398. The van der Waals surface area contributed by atoms with E-state index in [9.17, 15) is 8.42 Å². The van der Waals surface area contributed by atoms with Gasteiger partial charge in [0.25, 0.3) is 0 Å². The van der Waals surface area contributed by atoms with Crippen LogP contribution in [0.5, 0.6) is 11.5 Å². The number of rotatable bonds is 7. The first-order chi connectivity index (χ1) is 13.4. The molecule has 8 nitrogen and oxygen atoms in total. The summed E-state index contributed by atoms with van der Waals surface area (Å²) in [5.74, 6) is 1.65. The van der Waals surface area contributed by atoms with Gasteiger partial charge in [0.2, 0.25) is 10.0 Å². The molecule has 2 aromatic carbocycles. The van der Waals surface area contributed by atoms with E-state index in [1.807, 2.05) is 6.26 Å². The topological polar surface area (TPSA) is 102 Å². The summed E-state index contributed by atoms with van der Waals surface area (Å²) in [5, 5.41) is 3.90. The number of methoxy groups -OCH3 is 2. The molecule has 3 rings (SSSR count). The number of benzene rings is 2. The molecule has 0 aliphatic rings. The van der Waals surface area contributed by atoms with Gasteiger partial charge in [0.1, 0.15) is 23.6 Å². The Kier molecular flexibility index (Phi) is 5.92. The third kappa shape index (κ3) is 3.84. The lowest BCUT2D eigenvalue weighted by atomic mass is 10.2. The monoisotopic (exact) mass is 420 g/mol. The third-order valence-electron chi connectivity index (χ3n) is 4.13. The molecule has 0 atom stereocenters. The van der Waals surface area contributed by atoms with Crippen LogP contribution in [-0.4, -0.2) is 45.9 Å². The molecule has 3 aromatic rings. The van der Waals surface area contributed by atoms with Crippen LogP contribution in [-0.2, 0) is 10.0 Å². The molecular formula is C18H20N4O4S2. The minimum absolute atomic E-state index is 0.155. The molecule has 0 aliphatic heterocycles. The van der Waals surface area contributed by atoms with Crippen molar-refractivity contribution in [1.82, 2.24) is 14.7 Å². The van der Waals surface area contributed by atoms with Gasteiger partial charge < -0.3 is 14.8 Å². The predicted octanol–water partition coefficient (Wildman–Crippen LogP) is 3.02. The molecule has 0 spiro atoms. The van der Waals surface area contributed by atoms with Gasteiger partial charge in [-0.05, 0) is 31.5 Å². The largest absolute Gasteiger partial charge is 0.497 e. The molecular weight excluding hydrogens is 400 g/mol. The molecule has 10 heteroatoms. The van der Waals surface area contributed by atoms with Crippen molar-refractivity contribution in [3.8, 4) is 11.5 Å². The second-order valence-corrected chi connectivity index (χ2v) is 8.38. The zero-order chi connectivity index (χ0) is 20.3. The van der Waals surface area contributed by atoms with E-state index >= 15 is 0 Å². The van der Waals surface area contributed by atoms with Crippen molar-refractivity contribution in [3.63, 3.8) is 0 Å². The molecule has 28 heavy (non-hydrogen) atoms. The van der Waals surface area contributed by atoms with E-state index in [0.29, 0.717) is 33.9 Å². The summed E-state index contributed by atoms with van der Waals surface area (Å²) in [6, 6.07) is 8.41. The van der Waals surface area contributed by atoms with Gasteiger partial charge in [0, 0.05) is 17.0 Å². The van der Waals surface area contributed by atoms with E-state index in [1.54, 1.807) is 44.6 Å². The summed E-state index contributed by atoms with van der Waals surface area (Å²) in [5.41, 5.74) is 1.25. The minimum Gasteiger partial charge on any atom is -0.497 e. The lowest BCUT2D eigenvalue weighted by Gasteiger charge is -2.15. The quantitative estimate of drug-likeness (QED) is 0.563. The van der Waals surface area contributed by atoms with E-state index < -0.39 is 10.0 Å². The van der Waals surface area contributed by atoms with Crippen molar-refractivity contribution < 1.29 is 17.9 Å². The van der Waals surface area contributed by atoms with Crippen molar-refractivity contribution >= 4 is 44.2 Å². The molecule has 0 radical (unpaired) electrons. The number of aromatic nitrogens is 2. The van der Waals surface area contributed by atoms with Gasteiger partial charge in [-0.2, -0.15) is 0 Å². The van der Waals surface area contributed by atoms with E-state index in [-0.39, 0.29) is 4.90 Å². The average Bonchev–Trinajstić information content (AvgIpc) is 2.72. The van der Waals surface area contributed by atoms with Crippen LogP contribution in [0.15, 0.2) is 46.5 Å². The molecule has 0 aliphatic carbocycles. The standard InChI is InChI=1S/C18H20N4O4S2/c1-19-28(23,24)12-5-6-16(27-4)13(9-12)22-18-17-14(20-10-21-18)7-11(25-2)8-15(17)26-3/h5-10,19H,1-4H3,(H,20,21,22). The van der Waals surface area contributed by atoms with Gasteiger partial charge in [-0.15, -0.1) is 11.8 Å². The second-order valence-electron chi connectivity index (χ2n) is 5.64. The van der Waals surface area contributed by atoms with Gasteiger partial charge in [0.05, 0.1) is 35.7 Å². The minimum atomic E-state index is -3.58. The first kappa shape index (κ1) is 20.2. The highest BCUT2D eigenvalue weighted by Gasteiger charge is 2.17. The zero-order valence-corrected chi connectivity index (χ0v) is 17.4. The van der Waals surface area contributed by atoms with Gasteiger partial charge >= 0.3 is 0 Å². The Balaban J connectivity index is 2.16. The Bertz CT molecular complexity index is 1120. The maximum absolute atomic E-state index is 12.2. The van der Waals surface area contributed by atoms with Crippen molar-refractivity contribution in [3.05, 3.63) is 36.7 Å². The number of fused-ring (bicyclic) bond motifs is 1. The summed E-state index contributed by atoms with van der Waals surface area (Å²) >= 11 is 1.49. The normalized spacial score (nSPS) is 11.4. The van der Waals surface area contributed by atoms with E-state index in [4.69, 9.17) is 9.47 Å². The number of sulfonamides is 1. The van der Waals surface area contributed by atoms with Crippen LogP contribution in [0.25, 0.3) is 10.9 Å². The number of hydrogen-bond donors (Lipinski definition) is 2. The van der Waals surface area contributed by atoms with Gasteiger partial charge in [-0.3, -0.25) is 0 Å². The number of nitrogens with one attached hydrogen (secondary N) is 2. The van der Waals surface area contributed by atoms with Crippen LogP contribution >= 0.6 is 11.8 Å². The highest BCUT2D eigenvalue weighted by atomic mass is 32.2. The van der Waals surface area contributed by atoms with Gasteiger partial charge in [0.15, 0.2) is 0 Å². The summed E-state index contributed by atoms with van der Waals surface area (Å²) < 4.78 is 37.5. The summed E-state index contributed by atoms with van der Waals surface area (Å²) in [6.07, 6.45) is 3.34. The maximum Gasteiger partial charge on any atom is 0.240 e. The summed E-state index contributed by atoms with van der Waals surface area (Å²) in [7, 11) is 0.923. The van der Waals surface area contributed by atoms with Crippen molar-refractivity contribution in [2.45, 2.75) is 9.79 Å². The van der Waals surface area contributed by atoms with Crippen molar-refractivity contribution in [2.24, 2.45) is 0 Å². The van der Waals surface area contributed by atoms with Crippen LogP contribution in [0.3, 0.4) is 0 Å². The molecule has 0 fully saturated rings. The SMILES string of the molecule is CNS(=O)(=O)c1ccc(SC)c(Nc2ncnc3cc(OC)cc(OC)c23)c1. The molecule has 0 unspecified atom stereocenters. The van der Waals surface area contributed by atoms with E-state index in [2.05, 4.69) is 20.0 Å². The van der Waals surface area contributed by atoms with E-state index in [1.165, 1.54) is 25.1 Å². The fourth-order valence-electron chi connectivity index (χ4n) is 2.70. The smallest absolute Gasteiger partial charge is 0.240 e. The third-order valence-corrected chi connectivity index (χ3v) is 6.34. The molecule has 2 N–H and O–H groups in total. The Hall–Kier alpha value is -2.56. The summed E-state index contributed by atoms with van der Waals surface area (Å²) in [4.78, 5) is 9.65. The molecule has 0 amide bonds. The zero-order valence-electron chi connectivity index (χ0n) is 15.8. The fourth-order valence-corrected chi connectivity index (χ4v) is 3.99. The molecule has 1 aromatic heterocycles. The summed E-state index contributed by atoms with van der Waals surface area (Å²) in [6.45, 7) is 0. The van der Waals surface area contributed by atoms with Crippen LogP contribution in [0.4, 0.5) is 11.5 Å². The molecule has 148 valence electrons. The van der Waals surface area contributed by atoms with Gasteiger partial charge in [-0.1, -0.05) is 0 Å². The number of ether oxygens (including phenoxy) is 2. The first-order valence-corrected chi connectivity index (χ1v) is 10.9. The van der Waals surface area contributed by atoms with Crippen molar-refractivity contribution in [2.75, 3.05) is 32.8 Å². The number of nitrogens with zero attached hydrogens (tertiary/aromatic N) is 2. The fraction of sp³-hybridized carbons (Fsp3) is 0.222. The lowest BCUT2D eigenvalue weighted by Crippen LogP contribution is -2.18. The van der Waals surface area contributed by atoms with Gasteiger partial charge in [-0.25, -0.2) is 23.1 Å². The Morgan fingerprint density at radius 3 is 2.50 bits per heavy atom. The van der Waals surface area contributed by atoms with Crippen LogP contribution in [0.2, 0.25) is 0 Å². The van der Waals surface area contributed by atoms with Crippen LogP contribution in [0.1, 0.15) is 0 Å². The Morgan fingerprint density at radius 2 is 1.86 bits per heavy atom. The second kappa shape index (κ2) is 8.21. The van der Waals surface area contributed by atoms with Crippen molar-refractivity contribution in [1.29, 1.82) is 0 Å². The number of anilines is 2. The number of hydrogen-bond acceptors (Lipinski definition) is 8. The Labute approximate surface area is 167 Å². The highest BCUT2D eigenvalue weighted by Crippen LogP contribution is 2.37. The molecule has 0 bridgehead atoms. The molecule has 0 saturated heterocycles. The van der Waals surface area contributed by atoms with Crippen LogP contribution in [0, 0.1) is 0 Å². The average molecular weight is 421 g/mol. The number of thioether (sulfide) groups is 1. The molecule has 0 saturated carbocycles. The van der Waals surface area contributed by atoms with E-state index in [0.717, 1.165) is 4.90 Å². The maximum atomic E-state index is 12.2. The first-order valence-electron chi connectivity index (χ1n) is 8.19.